The molecule has 0 aromatic heterocycles. The fraction of sp³-hybridized carbons (Fsp3) is 0.667. The predicted molar refractivity (Wildman–Crippen MR) is 86.3 cm³/mol. The Morgan fingerprint density at radius 3 is 2.71 bits per heavy atom. The summed E-state index contributed by atoms with van der Waals surface area (Å²) in [5, 5.41) is 3.65. The minimum Gasteiger partial charge on any atom is -0.377 e. The van der Waals surface area contributed by atoms with Crippen LogP contribution in [0.4, 0.5) is 0 Å². The lowest BCUT2D eigenvalue weighted by molar-refractivity contribution is 0.0592. The van der Waals surface area contributed by atoms with E-state index in [0.29, 0.717) is 12.1 Å². The van der Waals surface area contributed by atoms with Crippen molar-refractivity contribution in [1.29, 1.82) is 0 Å². The van der Waals surface area contributed by atoms with Gasteiger partial charge in [-0.1, -0.05) is 43.2 Å². The van der Waals surface area contributed by atoms with Crippen molar-refractivity contribution in [2.45, 2.75) is 50.8 Å². The second kappa shape index (κ2) is 7.92. The van der Waals surface area contributed by atoms with Crippen molar-refractivity contribution in [1.82, 2.24) is 10.2 Å². The van der Waals surface area contributed by atoms with Gasteiger partial charge in [0.1, 0.15) is 0 Å². The molecule has 1 saturated carbocycles. The van der Waals surface area contributed by atoms with Crippen LogP contribution >= 0.6 is 0 Å². The van der Waals surface area contributed by atoms with E-state index in [9.17, 15) is 0 Å². The van der Waals surface area contributed by atoms with Crippen LogP contribution in [0, 0.1) is 0 Å². The van der Waals surface area contributed by atoms with E-state index >= 15 is 0 Å². The maximum absolute atomic E-state index is 5.91. The van der Waals surface area contributed by atoms with Gasteiger partial charge in [0.15, 0.2) is 0 Å². The molecular formula is C18H28N2O. The Kier molecular flexibility index (Phi) is 5.67. The second-order valence-electron chi connectivity index (χ2n) is 6.44. The predicted octanol–water partition coefficient (Wildman–Crippen LogP) is 2.81. The number of nitrogens with one attached hydrogen (secondary N) is 1. The van der Waals surface area contributed by atoms with Gasteiger partial charge in [-0.05, 0) is 24.8 Å². The average Bonchev–Trinajstić information content (AvgIpc) is 3.17. The third-order valence-corrected chi connectivity index (χ3v) is 4.71. The maximum Gasteiger partial charge on any atom is 0.0594 e. The van der Waals surface area contributed by atoms with Gasteiger partial charge in [-0.2, -0.15) is 0 Å². The maximum atomic E-state index is 5.91. The van der Waals surface area contributed by atoms with Crippen molar-refractivity contribution in [2.75, 3.05) is 26.2 Å². The summed E-state index contributed by atoms with van der Waals surface area (Å²) in [6.07, 6.45) is 7.06. The summed E-state index contributed by atoms with van der Waals surface area (Å²) in [6.45, 7) is 5.33. The molecule has 1 aliphatic heterocycles. The quantitative estimate of drug-likeness (QED) is 0.781. The molecule has 0 spiro atoms. The molecule has 1 heterocycles. The van der Waals surface area contributed by atoms with Crippen LogP contribution in [0.3, 0.4) is 0 Å². The van der Waals surface area contributed by atoms with Gasteiger partial charge in [-0.3, -0.25) is 4.90 Å². The van der Waals surface area contributed by atoms with Gasteiger partial charge in [0.25, 0.3) is 0 Å². The molecule has 3 nitrogen and oxygen atoms in total. The molecule has 2 fully saturated rings. The summed E-state index contributed by atoms with van der Waals surface area (Å²) >= 11 is 0. The van der Waals surface area contributed by atoms with Crippen molar-refractivity contribution in [3.63, 3.8) is 0 Å². The molecule has 0 bridgehead atoms. The van der Waals surface area contributed by atoms with Gasteiger partial charge in [0, 0.05) is 32.2 Å². The largest absolute Gasteiger partial charge is 0.377 e. The first-order valence-electron chi connectivity index (χ1n) is 8.51. The summed E-state index contributed by atoms with van der Waals surface area (Å²) in [4.78, 5) is 2.55. The Balaban J connectivity index is 1.29. The Bertz CT molecular complexity index is 403. The summed E-state index contributed by atoms with van der Waals surface area (Å²) in [7, 11) is 0. The van der Waals surface area contributed by atoms with E-state index in [-0.39, 0.29) is 0 Å². The van der Waals surface area contributed by atoms with Crippen LogP contribution in [0.25, 0.3) is 0 Å². The highest BCUT2D eigenvalue weighted by atomic mass is 16.5. The average molecular weight is 288 g/mol. The van der Waals surface area contributed by atoms with Gasteiger partial charge in [0.05, 0.1) is 12.7 Å². The van der Waals surface area contributed by atoms with Crippen molar-refractivity contribution in [2.24, 2.45) is 0 Å². The molecule has 1 atom stereocenters. The SMILES string of the molecule is c1ccc(CN2CCC(NCCOC3CCCC3)C2)cc1. The topological polar surface area (TPSA) is 24.5 Å². The lowest BCUT2D eigenvalue weighted by Gasteiger charge is -2.17. The van der Waals surface area contributed by atoms with Gasteiger partial charge >= 0.3 is 0 Å². The first-order chi connectivity index (χ1) is 10.4. The summed E-state index contributed by atoms with van der Waals surface area (Å²) in [5.74, 6) is 0. The van der Waals surface area contributed by atoms with Crippen LogP contribution in [-0.2, 0) is 11.3 Å². The zero-order valence-corrected chi connectivity index (χ0v) is 13.0. The second-order valence-corrected chi connectivity index (χ2v) is 6.44. The fourth-order valence-corrected chi connectivity index (χ4v) is 3.53. The number of likely N-dealkylation sites (tertiary alicyclic amines) is 1. The lowest BCUT2D eigenvalue weighted by atomic mass is 10.2. The number of ether oxygens (including phenoxy) is 1. The summed E-state index contributed by atoms with van der Waals surface area (Å²) < 4.78 is 5.91. The van der Waals surface area contributed by atoms with Gasteiger partial charge in [-0.15, -0.1) is 0 Å². The number of hydrogen-bond donors (Lipinski definition) is 1. The van der Waals surface area contributed by atoms with E-state index in [1.807, 2.05) is 0 Å². The molecule has 1 aliphatic carbocycles. The zero-order chi connectivity index (χ0) is 14.3. The van der Waals surface area contributed by atoms with Gasteiger partial charge in [-0.25, -0.2) is 0 Å². The first kappa shape index (κ1) is 15.0. The molecule has 0 radical (unpaired) electrons. The van der Waals surface area contributed by atoms with Gasteiger partial charge in [0.2, 0.25) is 0 Å². The van der Waals surface area contributed by atoms with Crippen LogP contribution in [0.5, 0.6) is 0 Å². The highest BCUT2D eigenvalue weighted by Crippen LogP contribution is 2.20. The van der Waals surface area contributed by atoms with Crippen LogP contribution in [-0.4, -0.2) is 43.3 Å². The summed E-state index contributed by atoms with van der Waals surface area (Å²) in [6, 6.07) is 11.4. The van der Waals surface area contributed by atoms with Crippen LogP contribution < -0.4 is 5.32 Å². The standard InChI is InChI=1S/C18H28N2O/c1-2-6-16(7-3-1)14-20-12-10-17(15-20)19-11-13-21-18-8-4-5-9-18/h1-3,6-7,17-19H,4-5,8-15H2. The molecule has 1 N–H and O–H groups in total. The zero-order valence-electron chi connectivity index (χ0n) is 13.0. The van der Waals surface area contributed by atoms with E-state index in [4.69, 9.17) is 4.74 Å². The van der Waals surface area contributed by atoms with Crippen molar-refractivity contribution in [3.8, 4) is 0 Å². The molecule has 21 heavy (non-hydrogen) atoms. The van der Waals surface area contributed by atoms with E-state index in [1.165, 1.54) is 50.8 Å². The number of hydrogen-bond acceptors (Lipinski definition) is 3. The van der Waals surface area contributed by atoms with Crippen molar-refractivity contribution in [3.05, 3.63) is 35.9 Å². The molecule has 1 aromatic rings. The van der Waals surface area contributed by atoms with Crippen LogP contribution in [0.1, 0.15) is 37.7 Å². The molecule has 1 saturated heterocycles. The minimum absolute atomic E-state index is 0.546. The fourth-order valence-electron chi connectivity index (χ4n) is 3.53. The normalized spacial score (nSPS) is 23.9. The molecule has 0 amide bonds. The Morgan fingerprint density at radius 1 is 1.10 bits per heavy atom. The highest BCUT2D eigenvalue weighted by molar-refractivity contribution is 5.14. The minimum atomic E-state index is 0.546. The third kappa shape index (κ3) is 4.80. The van der Waals surface area contributed by atoms with Crippen LogP contribution in [0.2, 0.25) is 0 Å². The molecule has 1 unspecified atom stereocenters. The molecule has 3 rings (SSSR count). The van der Waals surface area contributed by atoms with Crippen molar-refractivity contribution >= 4 is 0 Å². The highest BCUT2D eigenvalue weighted by Gasteiger charge is 2.22. The van der Waals surface area contributed by atoms with Gasteiger partial charge < -0.3 is 10.1 Å². The number of nitrogens with zero attached hydrogens (tertiary/aromatic N) is 1. The lowest BCUT2D eigenvalue weighted by Crippen LogP contribution is -2.35. The van der Waals surface area contributed by atoms with E-state index in [1.54, 1.807) is 0 Å². The summed E-state index contributed by atoms with van der Waals surface area (Å²) in [5.41, 5.74) is 1.42. The molecule has 2 aliphatic rings. The Hall–Kier alpha value is -0.900. The Morgan fingerprint density at radius 2 is 1.90 bits per heavy atom. The van der Waals surface area contributed by atoms with E-state index in [2.05, 4.69) is 40.5 Å². The monoisotopic (exact) mass is 288 g/mol. The third-order valence-electron chi connectivity index (χ3n) is 4.71. The van der Waals surface area contributed by atoms with Crippen LogP contribution in [0.15, 0.2) is 30.3 Å². The van der Waals surface area contributed by atoms with E-state index in [0.717, 1.165) is 19.7 Å². The molecule has 1 aromatic carbocycles. The molecule has 116 valence electrons. The Labute approximate surface area is 128 Å². The smallest absolute Gasteiger partial charge is 0.0594 e. The molecule has 3 heteroatoms. The number of benzene rings is 1. The van der Waals surface area contributed by atoms with Crippen molar-refractivity contribution < 1.29 is 4.74 Å². The first-order valence-corrected chi connectivity index (χ1v) is 8.51. The molecular weight excluding hydrogens is 260 g/mol. The van der Waals surface area contributed by atoms with E-state index < -0.39 is 0 Å². The number of rotatable bonds is 7.